The van der Waals surface area contributed by atoms with Crippen LogP contribution in [0.25, 0.3) is 10.8 Å². The fourth-order valence-electron chi connectivity index (χ4n) is 2.54. The summed E-state index contributed by atoms with van der Waals surface area (Å²) in [5.41, 5.74) is 1.35. The molecule has 3 aromatic rings. The zero-order valence-corrected chi connectivity index (χ0v) is 13.1. The minimum absolute atomic E-state index is 0.321. The second-order valence-corrected chi connectivity index (χ2v) is 6.16. The molecule has 0 aliphatic heterocycles. The Bertz CT molecular complexity index is 730. The zero-order chi connectivity index (χ0) is 14.7. The van der Waals surface area contributed by atoms with Crippen molar-refractivity contribution in [2.75, 3.05) is 12.8 Å². The first-order valence-corrected chi connectivity index (χ1v) is 8.03. The van der Waals surface area contributed by atoms with Gasteiger partial charge >= 0.3 is 0 Å². The highest BCUT2D eigenvalue weighted by atomic mass is 32.2. The fourth-order valence-corrected chi connectivity index (χ4v) is 3.59. The van der Waals surface area contributed by atoms with Crippen molar-refractivity contribution < 1.29 is 0 Å². The van der Waals surface area contributed by atoms with Gasteiger partial charge in [-0.2, -0.15) is 5.10 Å². The Morgan fingerprint density at radius 3 is 2.76 bits per heavy atom. The third-order valence-corrected chi connectivity index (χ3v) is 4.69. The smallest absolute Gasteiger partial charge is 0.0625 e. The summed E-state index contributed by atoms with van der Waals surface area (Å²) < 4.78 is 1.84. The Labute approximate surface area is 129 Å². The van der Waals surface area contributed by atoms with Crippen molar-refractivity contribution in [2.45, 2.75) is 10.9 Å². The summed E-state index contributed by atoms with van der Waals surface area (Å²) in [7, 11) is 3.97. The van der Waals surface area contributed by atoms with Crippen molar-refractivity contribution in [3.8, 4) is 0 Å². The molecule has 1 N–H and O–H groups in total. The molecule has 3 rings (SSSR count). The predicted molar refractivity (Wildman–Crippen MR) is 89.7 cm³/mol. The van der Waals surface area contributed by atoms with Crippen LogP contribution in [-0.2, 0) is 7.05 Å². The number of aryl methyl sites for hydroxylation is 1. The number of rotatable bonds is 5. The second kappa shape index (κ2) is 6.33. The molecular formula is C17H19N3S. The van der Waals surface area contributed by atoms with Crippen LogP contribution in [0.2, 0.25) is 0 Å². The molecule has 1 aromatic heterocycles. The van der Waals surface area contributed by atoms with E-state index in [0.29, 0.717) is 6.04 Å². The van der Waals surface area contributed by atoms with E-state index < -0.39 is 0 Å². The molecule has 0 radical (unpaired) electrons. The van der Waals surface area contributed by atoms with Crippen molar-refractivity contribution in [1.82, 2.24) is 15.1 Å². The van der Waals surface area contributed by atoms with Crippen LogP contribution in [0.5, 0.6) is 0 Å². The van der Waals surface area contributed by atoms with Gasteiger partial charge < -0.3 is 5.32 Å². The lowest BCUT2D eigenvalue weighted by Crippen LogP contribution is -2.19. The van der Waals surface area contributed by atoms with Gasteiger partial charge in [-0.15, -0.1) is 11.8 Å². The van der Waals surface area contributed by atoms with Crippen LogP contribution in [0.15, 0.2) is 59.8 Å². The molecular weight excluding hydrogens is 278 g/mol. The van der Waals surface area contributed by atoms with Gasteiger partial charge in [0, 0.05) is 29.9 Å². The van der Waals surface area contributed by atoms with Crippen molar-refractivity contribution in [1.29, 1.82) is 0 Å². The van der Waals surface area contributed by atoms with Crippen LogP contribution in [0, 0.1) is 0 Å². The molecule has 3 nitrogen and oxygen atoms in total. The van der Waals surface area contributed by atoms with Gasteiger partial charge in [0.2, 0.25) is 0 Å². The minimum Gasteiger partial charge on any atom is -0.312 e. The summed E-state index contributed by atoms with van der Waals surface area (Å²) in [6.07, 6.45) is 3.97. The Hall–Kier alpha value is -1.78. The van der Waals surface area contributed by atoms with Crippen molar-refractivity contribution >= 4 is 22.5 Å². The molecule has 0 amide bonds. The molecule has 1 unspecified atom stereocenters. The number of fused-ring (bicyclic) bond motifs is 1. The third kappa shape index (κ3) is 3.12. The van der Waals surface area contributed by atoms with Crippen LogP contribution >= 0.6 is 11.8 Å². The zero-order valence-electron chi connectivity index (χ0n) is 12.3. The molecule has 1 heterocycles. The summed E-state index contributed by atoms with van der Waals surface area (Å²) in [5, 5.41) is 10.3. The Balaban J connectivity index is 1.84. The first-order valence-electron chi connectivity index (χ1n) is 7.04. The molecule has 0 saturated heterocycles. The average Bonchev–Trinajstić information content (AvgIpc) is 2.93. The van der Waals surface area contributed by atoms with E-state index in [1.807, 2.05) is 36.7 Å². The Morgan fingerprint density at radius 2 is 2.00 bits per heavy atom. The molecule has 1 atom stereocenters. The number of benzene rings is 2. The molecule has 0 bridgehead atoms. The quantitative estimate of drug-likeness (QED) is 0.729. The molecule has 0 fully saturated rings. The maximum absolute atomic E-state index is 4.22. The average molecular weight is 297 g/mol. The molecule has 0 spiro atoms. The lowest BCUT2D eigenvalue weighted by atomic mass is 10.00. The van der Waals surface area contributed by atoms with E-state index >= 15 is 0 Å². The summed E-state index contributed by atoms with van der Waals surface area (Å²) >= 11 is 1.83. The van der Waals surface area contributed by atoms with Crippen LogP contribution in [0.3, 0.4) is 0 Å². The topological polar surface area (TPSA) is 29.9 Å². The molecule has 0 saturated carbocycles. The van der Waals surface area contributed by atoms with E-state index in [4.69, 9.17) is 0 Å². The monoisotopic (exact) mass is 297 g/mol. The lowest BCUT2D eigenvalue weighted by molar-refractivity contribution is 0.667. The van der Waals surface area contributed by atoms with Gasteiger partial charge in [0.05, 0.1) is 6.20 Å². The van der Waals surface area contributed by atoms with Gasteiger partial charge in [-0.3, -0.25) is 4.68 Å². The Morgan fingerprint density at radius 1 is 1.19 bits per heavy atom. The molecule has 2 aromatic carbocycles. The van der Waals surface area contributed by atoms with Gasteiger partial charge in [0.15, 0.2) is 0 Å². The second-order valence-electron chi connectivity index (χ2n) is 5.07. The van der Waals surface area contributed by atoms with Crippen molar-refractivity contribution in [3.05, 3.63) is 60.4 Å². The van der Waals surface area contributed by atoms with Crippen molar-refractivity contribution in [3.63, 3.8) is 0 Å². The van der Waals surface area contributed by atoms with Crippen LogP contribution in [0.4, 0.5) is 0 Å². The maximum Gasteiger partial charge on any atom is 0.0625 e. The standard InChI is InChI=1S/C17H19N3S/c1-18-17(12-21-14-10-19-20(2)11-14)16-9-5-7-13-6-3-4-8-15(13)16/h3-11,17-18H,12H2,1-2H3. The van der Waals surface area contributed by atoms with Crippen LogP contribution in [-0.4, -0.2) is 22.6 Å². The van der Waals surface area contributed by atoms with E-state index in [-0.39, 0.29) is 0 Å². The maximum atomic E-state index is 4.22. The molecule has 0 aliphatic carbocycles. The summed E-state index contributed by atoms with van der Waals surface area (Å²) in [5.74, 6) is 0.982. The predicted octanol–water partition coefficient (Wildman–Crippen LogP) is 3.63. The summed E-state index contributed by atoms with van der Waals surface area (Å²) in [4.78, 5) is 1.21. The van der Waals surface area contributed by atoms with Gasteiger partial charge in [0.1, 0.15) is 0 Å². The summed E-state index contributed by atoms with van der Waals surface area (Å²) in [6, 6.07) is 15.4. The van der Waals surface area contributed by atoms with Crippen LogP contribution in [0.1, 0.15) is 11.6 Å². The Kier molecular flexibility index (Phi) is 4.27. The highest BCUT2D eigenvalue weighted by molar-refractivity contribution is 7.99. The summed E-state index contributed by atoms with van der Waals surface area (Å²) in [6.45, 7) is 0. The van der Waals surface area contributed by atoms with E-state index in [9.17, 15) is 0 Å². The largest absolute Gasteiger partial charge is 0.312 e. The number of hydrogen-bond donors (Lipinski definition) is 1. The van der Waals surface area contributed by atoms with Gasteiger partial charge in [-0.05, 0) is 23.4 Å². The van der Waals surface area contributed by atoms with E-state index in [1.54, 1.807) is 0 Å². The number of nitrogens with zero attached hydrogens (tertiary/aromatic N) is 2. The highest BCUT2D eigenvalue weighted by Gasteiger charge is 2.13. The minimum atomic E-state index is 0.321. The molecule has 4 heteroatoms. The molecule has 108 valence electrons. The number of hydrogen-bond acceptors (Lipinski definition) is 3. The van der Waals surface area contributed by atoms with E-state index in [2.05, 4.69) is 59.1 Å². The molecule has 0 aliphatic rings. The first-order chi connectivity index (χ1) is 10.3. The van der Waals surface area contributed by atoms with Gasteiger partial charge in [0.25, 0.3) is 0 Å². The van der Waals surface area contributed by atoms with Crippen molar-refractivity contribution in [2.24, 2.45) is 7.05 Å². The van der Waals surface area contributed by atoms with Gasteiger partial charge in [-0.1, -0.05) is 42.5 Å². The normalized spacial score (nSPS) is 12.7. The lowest BCUT2D eigenvalue weighted by Gasteiger charge is -2.18. The third-order valence-electron chi connectivity index (χ3n) is 3.65. The fraction of sp³-hybridized carbons (Fsp3) is 0.235. The number of thioether (sulfide) groups is 1. The first kappa shape index (κ1) is 14.2. The highest BCUT2D eigenvalue weighted by Crippen LogP contribution is 2.28. The van der Waals surface area contributed by atoms with Gasteiger partial charge in [-0.25, -0.2) is 0 Å². The van der Waals surface area contributed by atoms with E-state index in [0.717, 1.165) is 5.75 Å². The van der Waals surface area contributed by atoms with E-state index in [1.165, 1.54) is 21.2 Å². The van der Waals surface area contributed by atoms with Crippen LogP contribution < -0.4 is 5.32 Å². The molecule has 21 heavy (non-hydrogen) atoms. The number of aromatic nitrogens is 2. The number of nitrogens with one attached hydrogen (secondary N) is 1. The SMILES string of the molecule is CNC(CSc1cnn(C)c1)c1cccc2ccccc12.